The summed E-state index contributed by atoms with van der Waals surface area (Å²) in [5, 5.41) is 6.59. The summed E-state index contributed by atoms with van der Waals surface area (Å²) in [6.45, 7) is 6.47. The number of rotatable bonds is 9. The van der Waals surface area contributed by atoms with E-state index < -0.39 is 9.84 Å². The van der Waals surface area contributed by atoms with Gasteiger partial charge in [0.1, 0.15) is 5.75 Å². The van der Waals surface area contributed by atoms with E-state index in [4.69, 9.17) is 9.26 Å². The Bertz CT molecular complexity index is 905. The number of benzene rings is 1. The highest BCUT2D eigenvalue weighted by Gasteiger charge is 2.19. The first-order chi connectivity index (χ1) is 13.9. The van der Waals surface area contributed by atoms with E-state index in [0.717, 1.165) is 38.4 Å². The van der Waals surface area contributed by atoms with Crippen molar-refractivity contribution in [1.29, 1.82) is 0 Å². The minimum absolute atomic E-state index is 0.0910. The number of aryl methyl sites for hydroxylation is 2. The molecular weight excluding hydrogens is 396 g/mol. The molecule has 0 spiro atoms. The first kappa shape index (κ1) is 21.4. The lowest BCUT2D eigenvalue weighted by atomic mass is 10.2. The van der Waals surface area contributed by atoms with Crippen molar-refractivity contribution in [1.82, 2.24) is 20.4 Å². The Morgan fingerprint density at radius 1 is 1.21 bits per heavy atom. The predicted molar refractivity (Wildman–Crippen MR) is 105 cm³/mol. The zero-order valence-electron chi connectivity index (χ0n) is 16.5. The molecule has 0 saturated carbocycles. The molecule has 1 saturated heterocycles. The van der Waals surface area contributed by atoms with Gasteiger partial charge in [-0.1, -0.05) is 22.9 Å². The highest BCUT2D eigenvalue weighted by Crippen LogP contribution is 2.16. The largest absolute Gasteiger partial charge is 0.379 e. The molecular formula is C19H26N4O5S. The van der Waals surface area contributed by atoms with Crippen LogP contribution >= 0.6 is 0 Å². The minimum Gasteiger partial charge on any atom is -0.379 e. The van der Waals surface area contributed by atoms with Gasteiger partial charge in [-0.15, -0.1) is 0 Å². The van der Waals surface area contributed by atoms with E-state index in [1.54, 1.807) is 24.3 Å². The number of aromatic nitrogens is 2. The second kappa shape index (κ2) is 9.95. The SMILES string of the molecule is Cc1ccc(S(=O)(=O)Cc2noc(CCC(=O)NCCN3CCOCC3)n2)cc1. The second-order valence-electron chi connectivity index (χ2n) is 6.98. The Kier molecular flexibility index (Phi) is 7.34. The van der Waals surface area contributed by atoms with Crippen LogP contribution in [0, 0.1) is 6.92 Å². The number of ether oxygens (including phenoxy) is 1. The molecule has 9 nitrogen and oxygen atoms in total. The molecule has 29 heavy (non-hydrogen) atoms. The first-order valence-corrected chi connectivity index (χ1v) is 11.3. The zero-order chi connectivity index (χ0) is 20.7. The summed E-state index contributed by atoms with van der Waals surface area (Å²) in [6.07, 6.45) is 0.469. The highest BCUT2D eigenvalue weighted by molar-refractivity contribution is 7.90. The van der Waals surface area contributed by atoms with E-state index in [0.29, 0.717) is 6.54 Å². The van der Waals surface area contributed by atoms with Crippen LogP contribution in [0.1, 0.15) is 23.7 Å². The molecule has 1 fully saturated rings. The van der Waals surface area contributed by atoms with Gasteiger partial charge in [-0.2, -0.15) is 4.98 Å². The zero-order valence-corrected chi connectivity index (χ0v) is 17.3. The third-order valence-corrected chi connectivity index (χ3v) is 6.26. The van der Waals surface area contributed by atoms with Crippen LogP contribution in [-0.2, 0) is 31.5 Å². The Balaban J connectivity index is 1.42. The Morgan fingerprint density at radius 3 is 2.66 bits per heavy atom. The molecule has 1 N–H and O–H groups in total. The lowest BCUT2D eigenvalue weighted by molar-refractivity contribution is -0.121. The molecule has 2 aromatic rings. The maximum Gasteiger partial charge on any atom is 0.227 e. The number of nitrogens with one attached hydrogen (secondary N) is 1. The third kappa shape index (κ3) is 6.62. The summed E-state index contributed by atoms with van der Waals surface area (Å²) in [4.78, 5) is 18.5. The number of morpholine rings is 1. The number of nitrogens with zero attached hydrogens (tertiary/aromatic N) is 3. The minimum atomic E-state index is -3.55. The van der Waals surface area contributed by atoms with Crippen molar-refractivity contribution in [2.24, 2.45) is 0 Å². The van der Waals surface area contributed by atoms with Crippen LogP contribution in [-0.4, -0.2) is 68.8 Å². The fourth-order valence-electron chi connectivity index (χ4n) is 2.94. The molecule has 3 rings (SSSR count). The van der Waals surface area contributed by atoms with Gasteiger partial charge < -0.3 is 14.6 Å². The Hall–Kier alpha value is -2.30. The fourth-order valence-corrected chi connectivity index (χ4v) is 4.11. The van der Waals surface area contributed by atoms with Gasteiger partial charge in [0.2, 0.25) is 11.8 Å². The number of hydrogen-bond donors (Lipinski definition) is 1. The summed E-state index contributed by atoms with van der Waals surface area (Å²) in [7, 11) is -3.55. The van der Waals surface area contributed by atoms with Gasteiger partial charge in [-0.3, -0.25) is 9.69 Å². The average Bonchev–Trinajstić information content (AvgIpc) is 3.14. The predicted octanol–water partition coefficient (Wildman–Crippen LogP) is 0.733. The number of carbonyl (C=O) groups is 1. The molecule has 0 atom stereocenters. The van der Waals surface area contributed by atoms with Crippen LogP contribution < -0.4 is 5.32 Å². The van der Waals surface area contributed by atoms with Crippen molar-refractivity contribution < 1.29 is 22.5 Å². The quantitative estimate of drug-likeness (QED) is 0.629. The maximum absolute atomic E-state index is 12.4. The van der Waals surface area contributed by atoms with Gasteiger partial charge in [0.15, 0.2) is 15.7 Å². The molecule has 0 bridgehead atoms. The Morgan fingerprint density at radius 2 is 1.93 bits per heavy atom. The lowest BCUT2D eigenvalue weighted by Gasteiger charge is -2.26. The van der Waals surface area contributed by atoms with Gasteiger partial charge in [0.05, 0.1) is 18.1 Å². The van der Waals surface area contributed by atoms with Gasteiger partial charge in [0.25, 0.3) is 0 Å². The van der Waals surface area contributed by atoms with E-state index in [-0.39, 0.29) is 41.1 Å². The van der Waals surface area contributed by atoms with Crippen molar-refractivity contribution >= 4 is 15.7 Å². The standard InChI is InChI=1S/C19H26N4O5S/c1-15-2-4-16(5-3-15)29(25,26)14-17-21-19(28-22-17)7-6-18(24)20-8-9-23-10-12-27-13-11-23/h2-5H,6-14H2,1H3,(H,20,24). The van der Waals surface area contributed by atoms with Crippen LogP contribution in [0.2, 0.25) is 0 Å². The third-order valence-electron chi connectivity index (χ3n) is 4.63. The van der Waals surface area contributed by atoms with Crippen molar-refractivity contribution in [3.05, 3.63) is 41.5 Å². The van der Waals surface area contributed by atoms with E-state index in [9.17, 15) is 13.2 Å². The van der Waals surface area contributed by atoms with Crippen molar-refractivity contribution in [3.8, 4) is 0 Å². The smallest absolute Gasteiger partial charge is 0.227 e. The normalized spacial score (nSPS) is 15.3. The molecule has 1 amide bonds. The van der Waals surface area contributed by atoms with Gasteiger partial charge in [-0.25, -0.2) is 8.42 Å². The molecule has 10 heteroatoms. The summed E-state index contributed by atoms with van der Waals surface area (Å²) < 4.78 is 35.3. The van der Waals surface area contributed by atoms with Crippen molar-refractivity contribution in [2.45, 2.75) is 30.4 Å². The van der Waals surface area contributed by atoms with Gasteiger partial charge in [0, 0.05) is 39.0 Å². The van der Waals surface area contributed by atoms with Gasteiger partial charge in [-0.05, 0) is 19.1 Å². The molecule has 0 aliphatic carbocycles. The average molecular weight is 423 g/mol. The molecule has 158 valence electrons. The summed E-state index contributed by atoms with van der Waals surface area (Å²) in [5.74, 6) is -0.105. The van der Waals surface area contributed by atoms with Crippen molar-refractivity contribution in [3.63, 3.8) is 0 Å². The summed E-state index contributed by atoms with van der Waals surface area (Å²) in [5.41, 5.74) is 0.981. The van der Waals surface area contributed by atoms with E-state index in [1.165, 1.54) is 0 Å². The maximum atomic E-state index is 12.4. The second-order valence-corrected chi connectivity index (χ2v) is 8.97. The molecule has 1 aliphatic heterocycles. The van der Waals surface area contributed by atoms with Crippen LogP contribution in [0.25, 0.3) is 0 Å². The first-order valence-electron chi connectivity index (χ1n) is 9.60. The molecule has 1 aromatic heterocycles. The van der Waals surface area contributed by atoms with Crippen LogP contribution in [0.15, 0.2) is 33.7 Å². The topological polar surface area (TPSA) is 115 Å². The highest BCUT2D eigenvalue weighted by atomic mass is 32.2. The lowest BCUT2D eigenvalue weighted by Crippen LogP contribution is -2.41. The Labute approximate surface area is 170 Å². The number of hydrogen-bond acceptors (Lipinski definition) is 8. The van der Waals surface area contributed by atoms with E-state index >= 15 is 0 Å². The number of carbonyl (C=O) groups excluding carboxylic acids is 1. The van der Waals surface area contributed by atoms with Crippen LogP contribution in [0.3, 0.4) is 0 Å². The van der Waals surface area contributed by atoms with Crippen LogP contribution in [0.5, 0.6) is 0 Å². The van der Waals surface area contributed by atoms with Crippen molar-refractivity contribution in [2.75, 3.05) is 39.4 Å². The molecule has 0 unspecified atom stereocenters. The summed E-state index contributed by atoms with van der Waals surface area (Å²) >= 11 is 0. The molecule has 1 aromatic carbocycles. The fraction of sp³-hybridized carbons (Fsp3) is 0.526. The van der Waals surface area contributed by atoms with Crippen LogP contribution in [0.4, 0.5) is 0 Å². The summed E-state index contributed by atoms with van der Waals surface area (Å²) in [6, 6.07) is 6.61. The van der Waals surface area contributed by atoms with Gasteiger partial charge >= 0.3 is 0 Å². The van der Waals surface area contributed by atoms with E-state index in [1.807, 2.05) is 6.92 Å². The number of sulfone groups is 1. The number of amides is 1. The molecule has 1 aliphatic rings. The molecule has 2 heterocycles. The van der Waals surface area contributed by atoms with E-state index in [2.05, 4.69) is 20.4 Å². The monoisotopic (exact) mass is 422 g/mol. The molecule has 0 radical (unpaired) electrons.